The lowest BCUT2D eigenvalue weighted by atomic mass is 10.2. The average molecular weight is 283 g/mol. The van der Waals surface area contributed by atoms with Crippen molar-refractivity contribution in [3.8, 4) is 0 Å². The zero-order valence-electron chi connectivity index (χ0n) is 10.5. The Bertz CT molecular complexity index is 625. The molecular weight excluding hydrogens is 271 g/mol. The van der Waals surface area contributed by atoms with Gasteiger partial charge in [0.25, 0.3) is 0 Å². The summed E-state index contributed by atoms with van der Waals surface area (Å²) in [7, 11) is 0. The molecule has 0 bridgehead atoms. The molecule has 1 heterocycles. The van der Waals surface area contributed by atoms with Crippen LogP contribution in [0.5, 0.6) is 0 Å². The average Bonchev–Trinajstić information content (AvgIpc) is 2.62. The van der Waals surface area contributed by atoms with Crippen molar-refractivity contribution in [1.29, 1.82) is 0 Å². The number of nitrogens with zero attached hydrogens (tertiary/aromatic N) is 1. The van der Waals surface area contributed by atoms with E-state index in [1.165, 1.54) is 18.2 Å². The quantitative estimate of drug-likeness (QED) is 0.940. The van der Waals surface area contributed by atoms with E-state index in [4.69, 9.17) is 16.0 Å². The summed E-state index contributed by atoms with van der Waals surface area (Å²) in [5, 5.41) is 2.58. The van der Waals surface area contributed by atoms with Crippen LogP contribution in [-0.4, -0.2) is 10.9 Å². The molecule has 0 saturated carbocycles. The lowest BCUT2D eigenvalue weighted by Gasteiger charge is -2.05. The molecule has 19 heavy (non-hydrogen) atoms. The number of amides is 1. The van der Waals surface area contributed by atoms with Gasteiger partial charge in [0.05, 0.1) is 17.1 Å². The number of aryl methyl sites for hydroxylation is 2. The van der Waals surface area contributed by atoms with Gasteiger partial charge in [0.2, 0.25) is 5.91 Å². The van der Waals surface area contributed by atoms with E-state index in [9.17, 15) is 9.18 Å². The van der Waals surface area contributed by atoms with Crippen LogP contribution in [0.15, 0.2) is 22.6 Å². The molecular formula is C13H12ClFN2O2. The van der Waals surface area contributed by atoms with E-state index in [1.807, 2.05) is 0 Å². The van der Waals surface area contributed by atoms with E-state index in [-0.39, 0.29) is 17.4 Å². The molecule has 0 aliphatic carbocycles. The van der Waals surface area contributed by atoms with E-state index in [0.29, 0.717) is 23.0 Å². The summed E-state index contributed by atoms with van der Waals surface area (Å²) in [6.07, 6.45) is 0.0711. The van der Waals surface area contributed by atoms with Gasteiger partial charge in [-0.1, -0.05) is 11.6 Å². The van der Waals surface area contributed by atoms with E-state index < -0.39 is 5.82 Å². The Kier molecular flexibility index (Phi) is 3.85. The highest BCUT2D eigenvalue weighted by atomic mass is 35.5. The highest BCUT2D eigenvalue weighted by molar-refractivity contribution is 6.31. The number of hydrogen-bond donors (Lipinski definition) is 1. The summed E-state index contributed by atoms with van der Waals surface area (Å²) >= 11 is 5.63. The molecule has 0 aliphatic heterocycles. The third-order valence-corrected chi connectivity index (χ3v) is 2.81. The second-order valence-corrected chi connectivity index (χ2v) is 4.50. The van der Waals surface area contributed by atoms with Gasteiger partial charge in [0, 0.05) is 12.6 Å². The van der Waals surface area contributed by atoms with Crippen LogP contribution in [0, 0.1) is 19.7 Å². The topological polar surface area (TPSA) is 55.1 Å². The minimum absolute atomic E-state index is 0.0375. The van der Waals surface area contributed by atoms with E-state index in [0.717, 1.165) is 0 Å². The molecule has 0 saturated heterocycles. The molecule has 6 heteroatoms. The van der Waals surface area contributed by atoms with Gasteiger partial charge in [-0.2, -0.15) is 0 Å². The Hall–Kier alpha value is -1.88. The van der Waals surface area contributed by atoms with Crippen LogP contribution in [0.3, 0.4) is 0 Å². The molecule has 0 unspecified atom stereocenters. The molecule has 1 aromatic carbocycles. The Balaban J connectivity index is 2.05. The predicted molar refractivity (Wildman–Crippen MR) is 69.7 cm³/mol. The van der Waals surface area contributed by atoms with Crippen molar-refractivity contribution in [3.05, 3.63) is 46.4 Å². The number of aromatic nitrogens is 1. The summed E-state index contributed by atoms with van der Waals surface area (Å²) in [6, 6.07) is 3.99. The molecule has 0 aliphatic rings. The summed E-state index contributed by atoms with van der Waals surface area (Å²) in [6.45, 7) is 3.49. The van der Waals surface area contributed by atoms with Crippen LogP contribution < -0.4 is 5.32 Å². The van der Waals surface area contributed by atoms with Gasteiger partial charge in [-0.15, -0.1) is 0 Å². The highest BCUT2D eigenvalue weighted by Gasteiger charge is 2.12. The van der Waals surface area contributed by atoms with Gasteiger partial charge in [0.1, 0.15) is 11.6 Å². The first-order valence-corrected chi connectivity index (χ1v) is 6.01. The molecule has 4 nitrogen and oxygen atoms in total. The maximum atomic E-state index is 13.0. The van der Waals surface area contributed by atoms with Crippen LogP contribution in [0.2, 0.25) is 5.02 Å². The fourth-order valence-electron chi connectivity index (χ4n) is 1.66. The first-order valence-electron chi connectivity index (χ1n) is 5.63. The fourth-order valence-corrected chi connectivity index (χ4v) is 1.84. The lowest BCUT2D eigenvalue weighted by Crippen LogP contribution is -2.14. The van der Waals surface area contributed by atoms with Crippen LogP contribution >= 0.6 is 11.6 Å². The van der Waals surface area contributed by atoms with Crippen molar-refractivity contribution in [3.63, 3.8) is 0 Å². The molecule has 2 rings (SSSR count). The molecule has 1 amide bonds. The van der Waals surface area contributed by atoms with E-state index in [2.05, 4.69) is 10.3 Å². The van der Waals surface area contributed by atoms with Crippen LogP contribution in [0.1, 0.15) is 17.3 Å². The summed E-state index contributed by atoms with van der Waals surface area (Å²) < 4.78 is 18.3. The second kappa shape index (κ2) is 5.40. The van der Waals surface area contributed by atoms with E-state index in [1.54, 1.807) is 13.8 Å². The van der Waals surface area contributed by atoms with Crippen molar-refractivity contribution in [2.45, 2.75) is 20.3 Å². The van der Waals surface area contributed by atoms with Crippen molar-refractivity contribution in [1.82, 2.24) is 4.98 Å². The maximum absolute atomic E-state index is 13.0. The monoisotopic (exact) mass is 282 g/mol. The highest BCUT2D eigenvalue weighted by Crippen LogP contribution is 2.19. The first-order chi connectivity index (χ1) is 8.95. The van der Waals surface area contributed by atoms with Gasteiger partial charge in [-0.05, 0) is 25.1 Å². The largest absolute Gasteiger partial charge is 0.445 e. The Morgan fingerprint density at radius 1 is 1.47 bits per heavy atom. The number of carbonyl (C=O) groups excluding carboxylic acids is 1. The minimum Gasteiger partial charge on any atom is -0.445 e. The Morgan fingerprint density at radius 2 is 2.21 bits per heavy atom. The van der Waals surface area contributed by atoms with Crippen molar-refractivity contribution >= 4 is 23.2 Å². The van der Waals surface area contributed by atoms with Crippen LogP contribution in [0.4, 0.5) is 10.1 Å². The summed E-state index contributed by atoms with van der Waals surface area (Å²) in [4.78, 5) is 15.9. The summed E-state index contributed by atoms with van der Waals surface area (Å²) in [5.74, 6) is 0.233. The van der Waals surface area contributed by atoms with Gasteiger partial charge in [-0.25, -0.2) is 9.37 Å². The van der Waals surface area contributed by atoms with Gasteiger partial charge < -0.3 is 9.73 Å². The van der Waals surface area contributed by atoms with Gasteiger partial charge >= 0.3 is 0 Å². The minimum atomic E-state index is -0.527. The molecule has 0 fully saturated rings. The third-order valence-electron chi connectivity index (χ3n) is 2.52. The number of hydrogen-bond acceptors (Lipinski definition) is 3. The van der Waals surface area contributed by atoms with Crippen LogP contribution in [-0.2, 0) is 11.2 Å². The number of benzene rings is 1. The third kappa shape index (κ3) is 3.32. The fraction of sp³-hybridized carbons (Fsp3) is 0.231. The van der Waals surface area contributed by atoms with Gasteiger partial charge in [-0.3, -0.25) is 4.79 Å². The molecule has 2 aromatic rings. The molecule has 0 radical (unpaired) electrons. The lowest BCUT2D eigenvalue weighted by molar-refractivity contribution is -0.115. The normalized spacial score (nSPS) is 10.5. The molecule has 1 aromatic heterocycles. The standard InChI is InChI=1S/C13H12ClFN2O2/c1-7-12(19-8(2)16-7)6-13(18)17-9-3-4-11(15)10(14)5-9/h3-5H,6H2,1-2H3,(H,17,18). The number of rotatable bonds is 3. The second-order valence-electron chi connectivity index (χ2n) is 4.10. The number of halogens is 2. The number of nitrogens with one attached hydrogen (secondary N) is 1. The van der Waals surface area contributed by atoms with Crippen LogP contribution in [0.25, 0.3) is 0 Å². The maximum Gasteiger partial charge on any atom is 0.232 e. The first kappa shape index (κ1) is 13.5. The van der Waals surface area contributed by atoms with Crippen molar-refractivity contribution < 1.29 is 13.6 Å². The predicted octanol–water partition coefficient (Wildman–Crippen LogP) is 3.27. The smallest absolute Gasteiger partial charge is 0.232 e. The summed E-state index contributed by atoms with van der Waals surface area (Å²) in [5.41, 5.74) is 1.12. The Morgan fingerprint density at radius 3 is 2.79 bits per heavy atom. The number of anilines is 1. The zero-order valence-corrected chi connectivity index (χ0v) is 11.2. The molecule has 0 spiro atoms. The zero-order chi connectivity index (χ0) is 14.0. The van der Waals surface area contributed by atoms with Gasteiger partial charge in [0.15, 0.2) is 5.89 Å². The molecule has 1 N–H and O–H groups in total. The SMILES string of the molecule is Cc1nc(C)c(CC(=O)Nc2ccc(F)c(Cl)c2)o1. The molecule has 100 valence electrons. The Labute approximate surface area is 114 Å². The van der Waals surface area contributed by atoms with Crippen molar-refractivity contribution in [2.75, 3.05) is 5.32 Å². The molecule has 0 atom stereocenters. The van der Waals surface area contributed by atoms with Crippen molar-refractivity contribution in [2.24, 2.45) is 0 Å². The number of oxazole rings is 1. The van der Waals surface area contributed by atoms with E-state index >= 15 is 0 Å². The number of carbonyl (C=O) groups is 1.